The van der Waals surface area contributed by atoms with E-state index >= 15 is 0 Å². The molecule has 4 heteroatoms. The van der Waals surface area contributed by atoms with E-state index in [1.807, 2.05) is 71.0 Å². The van der Waals surface area contributed by atoms with Gasteiger partial charge in [-0.15, -0.1) is 6.42 Å². The van der Waals surface area contributed by atoms with E-state index in [1.54, 1.807) is 12.1 Å². The van der Waals surface area contributed by atoms with Gasteiger partial charge in [-0.05, 0) is 77.9 Å². The van der Waals surface area contributed by atoms with Crippen molar-refractivity contribution in [2.24, 2.45) is 0 Å². The number of benzene rings is 4. The Morgan fingerprint density at radius 2 is 1.37 bits per heavy atom. The number of fused-ring (bicyclic) bond motifs is 2. The molecule has 0 N–H and O–H groups in total. The fraction of sp³-hybridized carbons (Fsp3) is 0.290. The van der Waals surface area contributed by atoms with Crippen LogP contribution in [0.25, 0.3) is 38.4 Å². The predicted molar refractivity (Wildman–Crippen MR) is 143 cm³/mol. The van der Waals surface area contributed by atoms with Crippen molar-refractivity contribution < 1.29 is 19.1 Å². The van der Waals surface area contributed by atoms with E-state index in [1.165, 1.54) is 0 Å². The summed E-state index contributed by atoms with van der Waals surface area (Å²) in [6, 6.07) is 13.3. The second-order valence-corrected chi connectivity index (χ2v) is 8.89. The first-order chi connectivity index (χ1) is 16.9. The van der Waals surface area contributed by atoms with Gasteiger partial charge in [0.2, 0.25) is 0 Å². The molecule has 2 atom stereocenters. The Labute approximate surface area is 205 Å². The van der Waals surface area contributed by atoms with Gasteiger partial charge in [0.05, 0.1) is 23.3 Å². The molecule has 0 radical (unpaired) electrons. The molecule has 0 aliphatic rings. The second kappa shape index (κ2) is 9.80. The minimum Gasteiger partial charge on any atom is -0.459 e. The Morgan fingerprint density at radius 1 is 0.829 bits per heavy atom. The third-order valence-corrected chi connectivity index (χ3v) is 6.73. The highest BCUT2D eigenvalue weighted by atomic mass is 16.5. The van der Waals surface area contributed by atoms with E-state index in [-0.39, 0.29) is 24.1 Å². The molecule has 0 aromatic heterocycles. The molecular weight excluding hydrogens is 436 g/mol. The lowest BCUT2D eigenvalue weighted by Crippen LogP contribution is -2.22. The van der Waals surface area contributed by atoms with Crippen LogP contribution in [-0.4, -0.2) is 24.1 Å². The normalized spacial score (nSPS) is 13.7. The number of carbonyl (C=O) groups is 2. The van der Waals surface area contributed by atoms with Crippen molar-refractivity contribution in [3.8, 4) is 12.3 Å². The molecule has 35 heavy (non-hydrogen) atoms. The summed E-state index contributed by atoms with van der Waals surface area (Å²) in [5, 5.41) is 6.07. The van der Waals surface area contributed by atoms with E-state index in [2.05, 4.69) is 5.92 Å². The van der Waals surface area contributed by atoms with Crippen LogP contribution in [0, 0.1) is 12.3 Å². The molecule has 4 rings (SSSR count). The zero-order valence-corrected chi connectivity index (χ0v) is 20.9. The lowest BCUT2D eigenvalue weighted by atomic mass is 9.87. The molecule has 0 spiro atoms. The summed E-state index contributed by atoms with van der Waals surface area (Å²) < 4.78 is 11.3. The van der Waals surface area contributed by atoms with Gasteiger partial charge in [0.1, 0.15) is 0 Å². The first-order valence-corrected chi connectivity index (χ1v) is 12.1. The maximum atomic E-state index is 13.0. The van der Waals surface area contributed by atoms with Crippen molar-refractivity contribution in [3.63, 3.8) is 0 Å². The molecular formula is C31H30O4. The molecule has 4 aromatic rings. The Hall–Kier alpha value is -3.84. The summed E-state index contributed by atoms with van der Waals surface area (Å²) >= 11 is 0. The number of hydrogen-bond donors (Lipinski definition) is 0. The average molecular weight is 467 g/mol. The molecule has 0 aliphatic carbocycles. The van der Waals surface area contributed by atoms with Gasteiger partial charge in [0.25, 0.3) is 0 Å². The zero-order chi connectivity index (χ0) is 25.3. The summed E-state index contributed by atoms with van der Waals surface area (Å²) in [6.07, 6.45) is 9.12. The highest BCUT2D eigenvalue weighted by Gasteiger charge is 2.21. The first-order valence-electron chi connectivity index (χ1n) is 12.1. The van der Waals surface area contributed by atoms with Crippen molar-refractivity contribution in [2.75, 3.05) is 0 Å². The van der Waals surface area contributed by atoms with E-state index in [4.69, 9.17) is 15.9 Å². The van der Waals surface area contributed by atoms with E-state index in [0.717, 1.165) is 50.4 Å². The third-order valence-electron chi connectivity index (χ3n) is 6.73. The van der Waals surface area contributed by atoms with Crippen molar-refractivity contribution >= 4 is 50.3 Å². The van der Waals surface area contributed by atoms with Gasteiger partial charge in [0, 0.05) is 10.9 Å². The largest absolute Gasteiger partial charge is 0.459 e. The number of esters is 2. The summed E-state index contributed by atoms with van der Waals surface area (Å²) in [5.41, 5.74) is 1.70. The highest BCUT2D eigenvalue weighted by Crippen LogP contribution is 2.37. The van der Waals surface area contributed by atoms with Crippen LogP contribution in [0.4, 0.5) is 0 Å². The molecule has 0 saturated carbocycles. The fourth-order valence-electron chi connectivity index (χ4n) is 4.55. The van der Waals surface area contributed by atoms with Crippen LogP contribution in [0.15, 0.2) is 42.5 Å². The highest BCUT2D eigenvalue weighted by molar-refractivity contribution is 6.27. The number of carbonyl (C=O) groups excluding carboxylic acids is 2. The van der Waals surface area contributed by atoms with E-state index < -0.39 is 0 Å². The van der Waals surface area contributed by atoms with Crippen LogP contribution < -0.4 is 5.22 Å². The van der Waals surface area contributed by atoms with Gasteiger partial charge >= 0.3 is 11.9 Å². The molecule has 0 fully saturated rings. The molecule has 0 saturated heterocycles. The molecule has 0 aliphatic heterocycles. The Balaban J connectivity index is 2.07. The lowest BCUT2D eigenvalue weighted by Gasteiger charge is -2.18. The number of ether oxygens (including phenoxy) is 2. The molecule has 178 valence electrons. The monoisotopic (exact) mass is 466 g/mol. The molecule has 4 nitrogen and oxygen atoms in total. The fourth-order valence-corrected chi connectivity index (χ4v) is 4.55. The average Bonchev–Trinajstić information content (AvgIpc) is 2.87. The molecule has 0 bridgehead atoms. The standard InChI is InChI=1S/C31H30O4/c1-7-18(5)34-30(32)26-16-15-25-22-12-11-13-23-27(31(33)35-19(6)8-2)17-14-24(29(22)23)20(9-3)28(25)21(26)10-4/h3,10-19H,7-8H2,1-2,4-6H3. The smallest absolute Gasteiger partial charge is 0.339 e. The minimum atomic E-state index is -0.362. The third kappa shape index (κ3) is 4.12. The Bertz CT molecular complexity index is 1550. The SMILES string of the molecule is C#Cc1c2ccc(C(=O)OC(C)CC)c3cccc(c4ccc(C(=O)OC(C)CC)c(=CC)c14)c32. The van der Waals surface area contributed by atoms with Gasteiger partial charge in [-0.2, -0.15) is 0 Å². The minimum absolute atomic E-state index is 0.168. The van der Waals surface area contributed by atoms with Crippen LogP contribution >= 0.6 is 0 Å². The number of rotatable bonds is 6. The summed E-state index contributed by atoms with van der Waals surface area (Å²) in [5.74, 6) is 2.16. The molecule has 2 unspecified atom stereocenters. The maximum absolute atomic E-state index is 13.0. The van der Waals surface area contributed by atoms with Gasteiger partial charge in [-0.3, -0.25) is 0 Å². The van der Waals surface area contributed by atoms with Crippen LogP contribution in [0.3, 0.4) is 0 Å². The van der Waals surface area contributed by atoms with Crippen molar-refractivity contribution in [1.29, 1.82) is 0 Å². The number of hydrogen-bond acceptors (Lipinski definition) is 4. The van der Waals surface area contributed by atoms with Gasteiger partial charge in [-0.25, -0.2) is 9.59 Å². The lowest BCUT2D eigenvalue weighted by molar-refractivity contribution is 0.0325. The quantitative estimate of drug-likeness (QED) is 0.140. The van der Waals surface area contributed by atoms with Crippen LogP contribution in [0.2, 0.25) is 0 Å². The van der Waals surface area contributed by atoms with Crippen LogP contribution in [-0.2, 0) is 9.47 Å². The Morgan fingerprint density at radius 3 is 1.97 bits per heavy atom. The van der Waals surface area contributed by atoms with Gasteiger partial charge in [0.15, 0.2) is 0 Å². The van der Waals surface area contributed by atoms with Crippen LogP contribution in [0.5, 0.6) is 0 Å². The summed E-state index contributed by atoms with van der Waals surface area (Å²) in [7, 11) is 0. The topological polar surface area (TPSA) is 52.6 Å². The van der Waals surface area contributed by atoms with Crippen molar-refractivity contribution in [2.45, 2.75) is 59.7 Å². The maximum Gasteiger partial charge on any atom is 0.339 e. The molecule has 0 amide bonds. The van der Waals surface area contributed by atoms with Gasteiger partial charge in [-0.1, -0.05) is 56.2 Å². The summed E-state index contributed by atoms with van der Waals surface area (Å²) in [6.45, 7) is 9.62. The zero-order valence-electron chi connectivity index (χ0n) is 20.9. The summed E-state index contributed by atoms with van der Waals surface area (Å²) in [4.78, 5) is 25.9. The molecule has 0 heterocycles. The number of terminal acetylenes is 1. The van der Waals surface area contributed by atoms with Crippen molar-refractivity contribution in [3.05, 3.63) is 64.4 Å². The predicted octanol–water partition coefficient (Wildman–Crippen LogP) is 6.56. The second-order valence-electron chi connectivity index (χ2n) is 8.89. The molecule has 4 aromatic carbocycles. The van der Waals surface area contributed by atoms with Crippen molar-refractivity contribution in [1.82, 2.24) is 0 Å². The van der Waals surface area contributed by atoms with Gasteiger partial charge < -0.3 is 9.47 Å². The van der Waals surface area contributed by atoms with E-state index in [0.29, 0.717) is 16.7 Å². The Kier molecular flexibility index (Phi) is 6.80. The van der Waals surface area contributed by atoms with Crippen LogP contribution in [0.1, 0.15) is 73.7 Å². The van der Waals surface area contributed by atoms with E-state index in [9.17, 15) is 9.59 Å². The first kappa shape index (κ1) is 24.3.